The van der Waals surface area contributed by atoms with Gasteiger partial charge >= 0.3 is 5.97 Å². The minimum Gasteiger partial charge on any atom is -0.480 e. The maximum Gasteiger partial charge on any atom is 0.321 e. The summed E-state index contributed by atoms with van der Waals surface area (Å²) in [6, 6.07) is 6.94. The van der Waals surface area contributed by atoms with Crippen LogP contribution >= 0.6 is 0 Å². The quantitative estimate of drug-likeness (QED) is 0.817. The Morgan fingerprint density at radius 1 is 1.45 bits per heavy atom. The van der Waals surface area contributed by atoms with Gasteiger partial charge in [-0.3, -0.25) is 4.79 Å². The average Bonchev–Trinajstić information content (AvgIpc) is 2.35. The summed E-state index contributed by atoms with van der Waals surface area (Å²) in [6.45, 7) is 3.25. The van der Waals surface area contributed by atoms with Crippen molar-refractivity contribution >= 4 is 16.0 Å². The number of aliphatic carboxylic acids is 1. The van der Waals surface area contributed by atoms with E-state index in [1.165, 1.54) is 6.07 Å². The number of sulfonamides is 1. The van der Waals surface area contributed by atoms with Gasteiger partial charge in [-0.25, -0.2) is 13.1 Å². The van der Waals surface area contributed by atoms with Crippen molar-refractivity contribution in [3.05, 3.63) is 35.4 Å². The van der Waals surface area contributed by atoms with E-state index in [-0.39, 0.29) is 11.7 Å². The van der Waals surface area contributed by atoms with E-state index in [1.807, 2.05) is 6.07 Å². The molecule has 20 heavy (non-hydrogen) atoms. The van der Waals surface area contributed by atoms with Crippen molar-refractivity contribution < 1.29 is 18.3 Å². The predicted molar refractivity (Wildman–Crippen MR) is 73.2 cm³/mol. The molecule has 1 aromatic carbocycles. The Bertz CT molecular complexity index is 632. The first-order valence-electron chi connectivity index (χ1n) is 5.97. The van der Waals surface area contributed by atoms with Gasteiger partial charge in [0.15, 0.2) is 0 Å². The molecule has 0 spiro atoms. The summed E-state index contributed by atoms with van der Waals surface area (Å²) in [5.74, 6) is -1.94. The molecule has 1 aromatic rings. The van der Waals surface area contributed by atoms with E-state index in [1.54, 1.807) is 32.0 Å². The molecule has 0 amide bonds. The second-order valence-electron chi connectivity index (χ2n) is 4.75. The van der Waals surface area contributed by atoms with Crippen LogP contribution in [0.25, 0.3) is 0 Å². The second-order valence-corrected chi connectivity index (χ2v) is 6.50. The van der Waals surface area contributed by atoms with Gasteiger partial charge in [0.1, 0.15) is 6.04 Å². The summed E-state index contributed by atoms with van der Waals surface area (Å²) in [5, 5.41) is 17.7. The van der Waals surface area contributed by atoms with Crippen LogP contribution in [0.1, 0.15) is 25.0 Å². The van der Waals surface area contributed by atoms with Gasteiger partial charge < -0.3 is 5.11 Å². The first-order chi connectivity index (χ1) is 9.25. The Balaban J connectivity index is 2.89. The highest BCUT2D eigenvalue weighted by atomic mass is 32.2. The van der Waals surface area contributed by atoms with Gasteiger partial charge in [-0.05, 0) is 23.6 Å². The second kappa shape index (κ2) is 6.50. The molecule has 7 heteroatoms. The minimum absolute atomic E-state index is 0.358. The van der Waals surface area contributed by atoms with Crippen molar-refractivity contribution in [3.8, 4) is 6.07 Å². The molecule has 0 saturated carbocycles. The maximum absolute atomic E-state index is 12.0. The first-order valence-corrected chi connectivity index (χ1v) is 7.62. The van der Waals surface area contributed by atoms with Crippen molar-refractivity contribution in [2.75, 3.05) is 0 Å². The number of benzene rings is 1. The molecule has 108 valence electrons. The molecule has 0 aliphatic carbocycles. The zero-order valence-corrected chi connectivity index (χ0v) is 12.0. The molecule has 0 radical (unpaired) electrons. The van der Waals surface area contributed by atoms with Crippen LogP contribution in [0.2, 0.25) is 0 Å². The predicted octanol–water partition coefficient (Wildman–Crippen LogP) is 1.09. The fourth-order valence-corrected chi connectivity index (χ4v) is 3.12. The number of rotatable bonds is 6. The number of nitrogens with one attached hydrogen (secondary N) is 1. The van der Waals surface area contributed by atoms with Crippen LogP contribution in [-0.4, -0.2) is 25.5 Å². The van der Waals surface area contributed by atoms with E-state index < -0.39 is 22.0 Å². The summed E-state index contributed by atoms with van der Waals surface area (Å²) in [6.07, 6.45) is 0. The number of carboxylic acid groups (broad SMARTS) is 1. The normalized spacial score (nSPS) is 12.9. The highest BCUT2D eigenvalue weighted by molar-refractivity contribution is 7.88. The summed E-state index contributed by atoms with van der Waals surface area (Å²) >= 11 is 0. The Kier molecular flexibility index (Phi) is 5.25. The molecule has 0 bridgehead atoms. The number of hydrogen-bond donors (Lipinski definition) is 2. The minimum atomic E-state index is -3.79. The summed E-state index contributed by atoms with van der Waals surface area (Å²) in [7, 11) is -3.79. The van der Waals surface area contributed by atoms with Crippen LogP contribution in [-0.2, 0) is 20.6 Å². The zero-order valence-electron chi connectivity index (χ0n) is 11.2. The lowest BCUT2D eigenvalue weighted by Crippen LogP contribution is -2.44. The van der Waals surface area contributed by atoms with Crippen LogP contribution < -0.4 is 4.72 Å². The molecule has 0 heterocycles. The third-order valence-electron chi connectivity index (χ3n) is 2.65. The van der Waals surface area contributed by atoms with Crippen LogP contribution in [0.3, 0.4) is 0 Å². The number of carboxylic acids is 1. The van der Waals surface area contributed by atoms with Gasteiger partial charge in [-0.15, -0.1) is 0 Å². The highest BCUT2D eigenvalue weighted by Gasteiger charge is 2.26. The zero-order chi connectivity index (χ0) is 15.3. The molecule has 6 nitrogen and oxygen atoms in total. The van der Waals surface area contributed by atoms with Gasteiger partial charge in [0.05, 0.1) is 17.4 Å². The molecule has 2 N–H and O–H groups in total. The maximum atomic E-state index is 12.0. The van der Waals surface area contributed by atoms with Crippen LogP contribution in [0.4, 0.5) is 0 Å². The molecule has 0 saturated heterocycles. The highest BCUT2D eigenvalue weighted by Crippen LogP contribution is 2.10. The Hall–Kier alpha value is -1.91. The Morgan fingerprint density at radius 2 is 2.10 bits per heavy atom. The molecular formula is C13H16N2O4S. The summed E-state index contributed by atoms with van der Waals surface area (Å²) in [5.41, 5.74) is 0.792. The van der Waals surface area contributed by atoms with E-state index in [2.05, 4.69) is 4.72 Å². The molecule has 1 atom stereocenters. The number of carbonyl (C=O) groups is 1. The van der Waals surface area contributed by atoms with E-state index >= 15 is 0 Å². The summed E-state index contributed by atoms with van der Waals surface area (Å²) < 4.78 is 26.1. The SMILES string of the molecule is CC(C)C(NS(=O)(=O)Cc1cccc(C#N)c1)C(=O)O. The van der Waals surface area contributed by atoms with Crippen LogP contribution in [0, 0.1) is 17.2 Å². The Labute approximate surface area is 118 Å². The van der Waals surface area contributed by atoms with Gasteiger partial charge in [-0.1, -0.05) is 26.0 Å². The molecule has 0 aliphatic rings. The molecule has 1 rings (SSSR count). The molecule has 0 aromatic heterocycles. The van der Waals surface area contributed by atoms with Gasteiger partial charge in [0.2, 0.25) is 10.0 Å². The van der Waals surface area contributed by atoms with E-state index in [9.17, 15) is 13.2 Å². The summed E-state index contributed by atoms with van der Waals surface area (Å²) in [4.78, 5) is 11.0. The number of hydrogen-bond acceptors (Lipinski definition) is 4. The smallest absolute Gasteiger partial charge is 0.321 e. The monoisotopic (exact) mass is 296 g/mol. The average molecular weight is 296 g/mol. The third-order valence-corrected chi connectivity index (χ3v) is 3.98. The van der Waals surface area contributed by atoms with E-state index in [4.69, 9.17) is 10.4 Å². The lowest BCUT2D eigenvalue weighted by atomic mass is 10.1. The van der Waals surface area contributed by atoms with Gasteiger partial charge in [0.25, 0.3) is 0 Å². The van der Waals surface area contributed by atoms with Crippen molar-refractivity contribution in [1.82, 2.24) is 4.72 Å². The van der Waals surface area contributed by atoms with Crippen molar-refractivity contribution in [1.29, 1.82) is 5.26 Å². The molecule has 0 aliphatic heterocycles. The van der Waals surface area contributed by atoms with E-state index in [0.717, 1.165) is 0 Å². The topological polar surface area (TPSA) is 107 Å². The fraction of sp³-hybridized carbons (Fsp3) is 0.385. The first kappa shape index (κ1) is 16.1. The lowest BCUT2D eigenvalue weighted by molar-refractivity contribution is -0.140. The molecule has 0 fully saturated rings. The van der Waals surface area contributed by atoms with Crippen molar-refractivity contribution in [2.45, 2.75) is 25.6 Å². The van der Waals surface area contributed by atoms with Crippen molar-refractivity contribution in [3.63, 3.8) is 0 Å². The third kappa shape index (κ3) is 4.64. The Morgan fingerprint density at radius 3 is 2.60 bits per heavy atom. The van der Waals surface area contributed by atoms with Crippen molar-refractivity contribution in [2.24, 2.45) is 5.92 Å². The molecular weight excluding hydrogens is 280 g/mol. The standard InChI is InChI=1S/C13H16N2O4S/c1-9(2)12(13(16)17)15-20(18,19)8-11-5-3-4-10(6-11)7-14/h3-6,9,12,15H,8H2,1-2H3,(H,16,17). The van der Waals surface area contributed by atoms with Gasteiger partial charge in [0, 0.05) is 0 Å². The van der Waals surface area contributed by atoms with Gasteiger partial charge in [-0.2, -0.15) is 5.26 Å². The van der Waals surface area contributed by atoms with Crippen LogP contribution in [0.15, 0.2) is 24.3 Å². The fourth-order valence-electron chi connectivity index (χ4n) is 1.66. The van der Waals surface area contributed by atoms with E-state index in [0.29, 0.717) is 11.1 Å². The largest absolute Gasteiger partial charge is 0.480 e. The molecule has 1 unspecified atom stereocenters. The lowest BCUT2D eigenvalue weighted by Gasteiger charge is -2.17. The number of nitriles is 1. The number of nitrogens with zero attached hydrogens (tertiary/aromatic N) is 1. The van der Waals surface area contributed by atoms with Crippen LogP contribution in [0.5, 0.6) is 0 Å².